The molecule has 1 aromatic heterocycles. The van der Waals surface area contributed by atoms with E-state index in [1.54, 1.807) is 19.4 Å². The van der Waals surface area contributed by atoms with Crippen LogP contribution in [0.5, 0.6) is 5.75 Å². The van der Waals surface area contributed by atoms with Crippen LogP contribution in [0.15, 0.2) is 52.0 Å². The Balaban J connectivity index is 1.67. The van der Waals surface area contributed by atoms with E-state index in [1.807, 2.05) is 43.3 Å². The highest BCUT2D eigenvalue weighted by Crippen LogP contribution is 2.25. The molecule has 0 atom stereocenters. The van der Waals surface area contributed by atoms with Crippen LogP contribution in [0.1, 0.15) is 27.2 Å². The predicted octanol–water partition coefficient (Wildman–Crippen LogP) is 4.23. The summed E-state index contributed by atoms with van der Waals surface area (Å²) >= 11 is 3.41. The maximum atomic E-state index is 12.2. The van der Waals surface area contributed by atoms with Crippen molar-refractivity contribution in [3.05, 3.63) is 69.3 Å². The highest BCUT2D eigenvalue weighted by atomic mass is 79.9. The number of rotatable bonds is 5. The first-order valence-corrected chi connectivity index (χ1v) is 9.07. The Labute approximate surface area is 165 Å². The summed E-state index contributed by atoms with van der Waals surface area (Å²) in [5.74, 6) is 0.369. The van der Waals surface area contributed by atoms with Crippen molar-refractivity contribution in [3.8, 4) is 17.0 Å². The normalized spacial score (nSPS) is 11.0. The molecule has 0 aliphatic heterocycles. The van der Waals surface area contributed by atoms with Gasteiger partial charge in [-0.15, -0.1) is 0 Å². The van der Waals surface area contributed by atoms with Gasteiger partial charge in [-0.05, 0) is 76.8 Å². The Hall–Kier alpha value is -2.93. The fourth-order valence-electron chi connectivity index (χ4n) is 2.48. The minimum Gasteiger partial charge on any atom is -0.496 e. The van der Waals surface area contributed by atoms with Crippen LogP contribution in [0, 0.1) is 13.8 Å². The van der Waals surface area contributed by atoms with Crippen molar-refractivity contribution < 1.29 is 9.53 Å². The van der Waals surface area contributed by atoms with Crippen LogP contribution in [0.2, 0.25) is 0 Å². The third kappa shape index (κ3) is 4.43. The van der Waals surface area contributed by atoms with E-state index in [2.05, 4.69) is 43.6 Å². The summed E-state index contributed by atoms with van der Waals surface area (Å²) in [5, 5.41) is 11.0. The predicted molar refractivity (Wildman–Crippen MR) is 109 cm³/mol. The zero-order chi connectivity index (χ0) is 19.4. The van der Waals surface area contributed by atoms with Gasteiger partial charge in [0, 0.05) is 5.56 Å². The summed E-state index contributed by atoms with van der Waals surface area (Å²) in [4.78, 5) is 12.2. The van der Waals surface area contributed by atoms with E-state index in [-0.39, 0.29) is 5.91 Å². The molecule has 0 bridgehead atoms. The number of H-pyrrole nitrogens is 1. The van der Waals surface area contributed by atoms with Gasteiger partial charge in [0.25, 0.3) is 5.91 Å². The van der Waals surface area contributed by atoms with E-state index in [1.165, 1.54) is 11.1 Å². The number of nitrogens with zero attached hydrogens (tertiary/aromatic N) is 2. The lowest BCUT2D eigenvalue weighted by Gasteiger charge is -2.03. The third-order valence-electron chi connectivity index (χ3n) is 4.18. The first-order chi connectivity index (χ1) is 13.0. The number of nitrogens with one attached hydrogen (secondary N) is 2. The number of methoxy groups -OCH3 is 1. The molecule has 0 radical (unpaired) electrons. The second kappa shape index (κ2) is 8.18. The van der Waals surface area contributed by atoms with Crippen LogP contribution in [0.25, 0.3) is 11.3 Å². The van der Waals surface area contributed by atoms with E-state index in [9.17, 15) is 4.79 Å². The van der Waals surface area contributed by atoms with Gasteiger partial charge in [0.2, 0.25) is 0 Å². The topological polar surface area (TPSA) is 79.4 Å². The molecular weight excluding hydrogens is 408 g/mol. The Morgan fingerprint density at radius 3 is 2.70 bits per heavy atom. The summed E-state index contributed by atoms with van der Waals surface area (Å²) in [7, 11) is 1.60. The van der Waals surface area contributed by atoms with Crippen LogP contribution < -0.4 is 10.2 Å². The van der Waals surface area contributed by atoms with Crippen molar-refractivity contribution in [3.63, 3.8) is 0 Å². The molecule has 3 rings (SSSR count). The first kappa shape index (κ1) is 18.8. The van der Waals surface area contributed by atoms with Crippen molar-refractivity contribution in [2.45, 2.75) is 13.8 Å². The molecule has 138 valence electrons. The fourth-order valence-corrected chi connectivity index (χ4v) is 3.03. The lowest BCUT2D eigenvalue weighted by Crippen LogP contribution is -2.18. The number of carbonyl (C=O) groups is 1. The van der Waals surface area contributed by atoms with Crippen LogP contribution >= 0.6 is 15.9 Å². The molecule has 2 aromatic carbocycles. The molecule has 7 heteroatoms. The van der Waals surface area contributed by atoms with Crippen molar-refractivity contribution in [1.82, 2.24) is 15.6 Å². The van der Waals surface area contributed by atoms with Crippen molar-refractivity contribution in [2.24, 2.45) is 5.10 Å². The zero-order valence-electron chi connectivity index (χ0n) is 15.2. The van der Waals surface area contributed by atoms with Crippen LogP contribution in [0.3, 0.4) is 0 Å². The number of aryl methyl sites for hydroxylation is 2. The van der Waals surface area contributed by atoms with E-state index < -0.39 is 0 Å². The summed E-state index contributed by atoms with van der Waals surface area (Å²) in [6.45, 7) is 4.10. The lowest BCUT2D eigenvalue weighted by atomic mass is 10.0. The monoisotopic (exact) mass is 426 g/mol. The molecule has 27 heavy (non-hydrogen) atoms. The molecule has 2 N–H and O–H groups in total. The number of aromatic nitrogens is 2. The smallest absolute Gasteiger partial charge is 0.289 e. The van der Waals surface area contributed by atoms with Gasteiger partial charge in [0.15, 0.2) is 0 Å². The molecule has 1 amide bonds. The van der Waals surface area contributed by atoms with Gasteiger partial charge in [-0.2, -0.15) is 10.2 Å². The summed E-state index contributed by atoms with van der Waals surface area (Å²) in [5.41, 5.74) is 7.72. The lowest BCUT2D eigenvalue weighted by molar-refractivity contribution is 0.0950. The van der Waals surface area contributed by atoms with Gasteiger partial charge < -0.3 is 4.74 Å². The number of carbonyl (C=O) groups excluding carboxylic acids is 1. The average molecular weight is 427 g/mol. The Kier molecular flexibility index (Phi) is 5.71. The number of aromatic amines is 1. The minimum atomic E-state index is -0.360. The molecule has 3 aromatic rings. The van der Waals surface area contributed by atoms with Gasteiger partial charge in [0.05, 0.1) is 23.5 Å². The molecule has 6 nitrogen and oxygen atoms in total. The van der Waals surface area contributed by atoms with E-state index in [0.717, 1.165) is 21.3 Å². The molecule has 0 saturated carbocycles. The molecule has 0 spiro atoms. The molecule has 0 saturated heterocycles. The van der Waals surface area contributed by atoms with Crippen molar-refractivity contribution in [1.29, 1.82) is 0 Å². The number of halogens is 1. The number of benzene rings is 2. The second-order valence-corrected chi connectivity index (χ2v) is 6.91. The number of amides is 1. The largest absolute Gasteiger partial charge is 0.496 e. The van der Waals surface area contributed by atoms with Gasteiger partial charge in [-0.25, -0.2) is 5.43 Å². The molecular formula is C20H19BrN4O2. The molecule has 0 unspecified atom stereocenters. The van der Waals surface area contributed by atoms with Crippen molar-refractivity contribution in [2.75, 3.05) is 7.11 Å². The van der Waals surface area contributed by atoms with Gasteiger partial charge >= 0.3 is 0 Å². The fraction of sp³-hybridized carbons (Fsp3) is 0.150. The van der Waals surface area contributed by atoms with Gasteiger partial charge in [-0.3, -0.25) is 9.89 Å². The highest BCUT2D eigenvalue weighted by molar-refractivity contribution is 9.10. The SMILES string of the molecule is COc1ccc(/C=N/NC(=O)c2cc(-c3ccc(C)c(C)c3)n[nH]2)cc1Br. The molecule has 0 aliphatic carbocycles. The van der Waals surface area contributed by atoms with Crippen LogP contribution in [0.4, 0.5) is 0 Å². The van der Waals surface area contributed by atoms with Crippen LogP contribution in [-0.4, -0.2) is 29.4 Å². The van der Waals surface area contributed by atoms with Crippen LogP contribution in [-0.2, 0) is 0 Å². The number of ether oxygens (including phenoxy) is 1. The minimum absolute atomic E-state index is 0.344. The summed E-state index contributed by atoms with van der Waals surface area (Å²) in [6.07, 6.45) is 1.56. The van der Waals surface area contributed by atoms with Gasteiger partial charge in [0.1, 0.15) is 11.4 Å². The highest BCUT2D eigenvalue weighted by Gasteiger charge is 2.11. The zero-order valence-corrected chi connectivity index (χ0v) is 16.8. The van der Waals surface area contributed by atoms with Gasteiger partial charge in [-0.1, -0.05) is 12.1 Å². The Bertz CT molecular complexity index is 1010. The summed E-state index contributed by atoms with van der Waals surface area (Å²) < 4.78 is 5.99. The summed E-state index contributed by atoms with van der Waals surface area (Å²) in [6, 6.07) is 13.3. The number of hydrogen-bond donors (Lipinski definition) is 2. The number of hydrogen-bond acceptors (Lipinski definition) is 4. The van der Waals surface area contributed by atoms with E-state index in [4.69, 9.17) is 4.74 Å². The quantitative estimate of drug-likeness (QED) is 0.473. The standard InChI is InChI=1S/C20H19BrN4O2/c1-12-4-6-15(8-13(12)2)17-10-18(24-23-17)20(26)25-22-11-14-5-7-19(27-3)16(21)9-14/h4-11H,1-3H3,(H,23,24)(H,25,26)/b22-11+. The molecule has 0 fully saturated rings. The first-order valence-electron chi connectivity index (χ1n) is 8.28. The van der Waals surface area contributed by atoms with E-state index >= 15 is 0 Å². The maximum absolute atomic E-state index is 12.2. The van der Waals surface area contributed by atoms with E-state index in [0.29, 0.717) is 11.4 Å². The molecule has 1 heterocycles. The Morgan fingerprint density at radius 1 is 1.19 bits per heavy atom. The maximum Gasteiger partial charge on any atom is 0.289 e. The van der Waals surface area contributed by atoms with Crippen molar-refractivity contribution >= 4 is 28.1 Å². The Morgan fingerprint density at radius 2 is 2.00 bits per heavy atom. The number of hydrazone groups is 1. The average Bonchev–Trinajstić information content (AvgIpc) is 3.14. The molecule has 0 aliphatic rings. The third-order valence-corrected chi connectivity index (χ3v) is 4.80. The second-order valence-electron chi connectivity index (χ2n) is 6.06.